The summed E-state index contributed by atoms with van der Waals surface area (Å²) in [4.78, 5) is 18.3. The van der Waals surface area contributed by atoms with Crippen LogP contribution in [0, 0.1) is 0 Å². The van der Waals surface area contributed by atoms with E-state index in [1.807, 2.05) is 0 Å². The molecule has 1 aliphatic rings. The van der Waals surface area contributed by atoms with E-state index >= 15 is 0 Å². The minimum absolute atomic E-state index is 0.109. The number of alkyl halides is 3. The second kappa shape index (κ2) is 4.90. The Morgan fingerprint density at radius 1 is 1.42 bits per heavy atom. The smallest absolute Gasteiger partial charge is 0.368 e. The second-order valence-corrected chi connectivity index (χ2v) is 4.12. The van der Waals surface area contributed by atoms with E-state index in [9.17, 15) is 18.0 Å². The standard InChI is InChI=1S/C10H12F3N5O/c11-10(12,13)6-4-7(18-9(14)17-6)16-5-2-1-3-15-8(5)19/h4-5H,1-3H2,(H,15,19)(H3,14,16,17,18). The van der Waals surface area contributed by atoms with E-state index in [1.165, 1.54) is 0 Å². The van der Waals surface area contributed by atoms with E-state index in [-0.39, 0.29) is 11.7 Å². The number of amides is 1. The monoisotopic (exact) mass is 275 g/mol. The van der Waals surface area contributed by atoms with Crippen LogP contribution in [0.25, 0.3) is 0 Å². The highest BCUT2D eigenvalue weighted by molar-refractivity contribution is 5.85. The van der Waals surface area contributed by atoms with Gasteiger partial charge in [-0.25, -0.2) is 4.98 Å². The van der Waals surface area contributed by atoms with Crippen molar-refractivity contribution in [1.29, 1.82) is 0 Å². The van der Waals surface area contributed by atoms with E-state index < -0.39 is 23.9 Å². The predicted octanol–water partition coefficient (Wildman–Crippen LogP) is 0.768. The van der Waals surface area contributed by atoms with E-state index in [1.54, 1.807) is 0 Å². The third kappa shape index (κ3) is 3.24. The van der Waals surface area contributed by atoms with E-state index in [0.29, 0.717) is 13.0 Å². The van der Waals surface area contributed by atoms with Gasteiger partial charge in [0.15, 0.2) is 5.69 Å². The molecule has 0 bridgehead atoms. The van der Waals surface area contributed by atoms with E-state index in [0.717, 1.165) is 12.5 Å². The minimum atomic E-state index is -4.61. The van der Waals surface area contributed by atoms with Crippen molar-refractivity contribution < 1.29 is 18.0 Å². The number of nitrogen functional groups attached to an aromatic ring is 1. The summed E-state index contributed by atoms with van der Waals surface area (Å²) in [6, 6.07) is 0.127. The van der Waals surface area contributed by atoms with Gasteiger partial charge in [0.25, 0.3) is 0 Å². The van der Waals surface area contributed by atoms with Crippen molar-refractivity contribution in [3.8, 4) is 0 Å². The molecule has 2 heterocycles. The van der Waals surface area contributed by atoms with E-state index in [4.69, 9.17) is 5.73 Å². The minimum Gasteiger partial charge on any atom is -0.368 e. The Bertz CT molecular complexity index is 491. The quantitative estimate of drug-likeness (QED) is 0.741. The van der Waals surface area contributed by atoms with Gasteiger partial charge >= 0.3 is 6.18 Å². The molecular weight excluding hydrogens is 263 g/mol. The number of nitrogens with zero attached hydrogens (tertiary/aromatic N) is 2. The molecule has 0 saturated carbocycles. The number of piperidine rings is 1. The van der Waals surface area contributed by atoms with Crippen LogP contribution in [0.5, 0.6) is 0 Å². The molecule has 0 radical (unpaired) electrons. The van der Waals surface area contributed by atoms with Gasteiger partial charge in [0.05, 0.1) is 0 Å². The van der Waals surface area contributed by atoms with Crippen molar-refractivity contribution in [2.24, 2.45) is 0 Å². The molecule has 1 saturated heterocycles. The van der Waals surface area contributed by atoms with Gasteiger partial charge in [-0.3, -0.25) is 4.79 Å². The summed E-state index contributed by atoms with van der Waals surface area (Å²) < 4.78 is 37.7. The molecule has 104 valence electrons. The maximum Gasteiger partial charge on any atom is 0.433 e. The molecular formula is C10H12F3N5O. The van der Waals surface area contributed by atoms with Crippen molar-refractivity contribution in [2.75, 3.05) is 17.6 Å². The lowest BCUT2D eigenvalue weighted by atomic mass is 10.1. The number of halogens is 3. The van der Waals surface area contributed by atoms with Gasteiger partial charge in [0, 0.05) is 12.6 Å². The Labute approximate surface area is 106 Å². The van der Waals surface area contributed by atoms with E-state index in [2.05, 4.69) is 20.6 Å². The zero-order valence-electron chi connectivity index (χ0n) is 9.79. The number of hydrogen-bond acceptors (Lipinski definition) is 5. The first-order valence-corrected chi connectivity index (χ1v) is 5.62. The lowest BCUT2D eigenvalue weighted by molar-refractivity contribution is -0.141. The number of nitrogens with one attached hydrogen (secondary N) is 2. The molecule has 0 aromatic carbocycles. The number of nitrogens with two attached hydrogens (primary N) is 1. The van der Waals surface area contributed by atoms with Crippen LogP contribution in [-0.2, 0) is 11.0 Å². The molecule has 9 heteroatoms. The Morgan fingerprint density at radius 2 is 2.16 bits per heavy atom. The molecule has 19 heavy (non-hydrogen) atoms. The molecule has 1 aromatic rings. The van der Waals surface area contributed by atoms with Crippen LogP contribution in [0.3, 0.4) is 0 Å². The van der Waals surface area contributed by atoms with Gasteiger partial charge in [-0.15, -0.1) is 0 Å². The number of aromatic nitrogens is 2. The number of anilines is 2. The molecule has 1 unspecified atom stereocenters. The second-order valence-electron chi connectivity index (χ2n) is 4.12. The molecule has 1 aliphatic heterocycles. The highest BCUT2D eigenvalue weighted by Crippen LogP contribution is 2.29. The van der Waals surface area contributed by atoms with Crippen molar-refractivity contribution >= 4 is 17.7 Å². The summed E-state index contributed by atoms with van der Waals surface area (Å²) in [6.45, 7) is 0.566. The molecule has 1 fully saturated rings. The van der Waals surface area contributed by atoms with Gasteiger partial charge in [-0.2, -0.15) is 18.2 Å². The van der Waals surface area contributed by atoms with Crippen LogP contribution in [0.2, 0.25) is 0 Å². The molecule has 1 aromatic heterocycles. The molecule has 6 nitrogen and oxygen atoms in total. The summed E-state index contributed by atoms with van der Waals surface area (Å²) in [5, 5.41) is 5.25. The first-order valence-electron chi connectivity index (χ1n) is 5.62. The van der Waals surface area contributed by atoms with Crippen molar-refractivity contribution in [3.05, 3.63) is 11.8 Å². The Morgan fingerprint density at radius 3 is 2.79 bits per heavy atom. The predicted molar refractivity (Wildman–Crippen MR) is 61.1 cm³/mol. The van der Waals surface area contributed by atoms with Crippen molar-refractivity contribution in [2.45, 2.75) is 25.1 Å². The van der Waals surface area contributed by atoms with Crippen LogP contribution >= 0.6 is 0 Å². The van der Waals surface area contributed by atoms with Gasteiger partial charge in [0.1, 0.15) is 11.9 Å². The first kappa shape index (κ1) is 13.4. The summed E-state index contributed by atoms with van der Waals surface area (Å²) in [5.74, 6) is -0.868. The Kier molecular flexibility index (Phi) is 3.45. The number of carbonyl (C=O) groups excluding carboxylic acids is 1. The largest absolute Gasteiger partial charge is 0.433 e. The summed E-state index contributed by atoms with van der Waals surface area (Å²) >= 11 is 0. The van der Waals surface area contributed by atoms with Gasteiger partial charge in [0.2, 0.25) is 11.9 Å². The third-order valence-corrected chi connectivity index (χ3v) is 2.64. The van der Waals surface area contributed by atoms with Crippen molar-refractivity contribution in [3.63, 3.8) is 0 Å². The molecule has 1 atom stereocenters. The highest BCUT2D eigenvalue weighted by Gasteiger charge is 2.34. The number of carbonyl (C=O) groups is 1. The summed E-state index contributed by atoms with van der Waals surface area (Å²) in [5.41, 5.74) is 4.09. The summed E-state index contributed by atoms with van der Waals surface area (Å²) in [6.07, 6.45) is -3.34. The highest BCUT2D eigenvalue weighted by atomic mass is 19.4. The van der Waals surface area contributed by atoms with Crippen LogP contribution in [-0.4, -0.2) is 28.5 Å². The van der Waals surface area contributed by atoms with Crippen LogP contribution in [0.4, 0.5) is 24.9 Å². The fraction of sp³-hybridized carbons (Fsp3) is 0.500. The first-order chi connectivity index (χ1) is 8.86. The van der Waals surface area contributed by atoms with Gasteiger partial charge in [-0.05, 0) is 12.8 Å². The van der Waals surface area contributed by atoms with Crippen LogP contribution in [0.1, 0.15) is 18.5 Å². The lowest BCUT2D eigenvalue weighted by Crippen LogP contribution is -2.44. The Hall–Kier alpha value is -2.06. The fourth-order valence-electron chi connectivity index (χ4n) is 1.77. The molecule has 0 spiro atoms. The maximum absolute atomic E-state index is 12.6. The SMILES string of the molecule is Nc1nc(NC2CCCNC2=O)cc(C(F)(F)F)n1. The maximum atomic E-state index is 12.6. The average Bonchev–Trinajstić information content (AvgIpc) is 2.30. The van der Waals surface area contributed by atoms with Gasteiger partial charge < -0.3 is 16.4 Å². The molecule has 4 N–H and O–H groups in total. The zero-order chi connectivity index (χ0) is 14.0. The number of rotatable bonds is 2. The third-order valence-electron chi connectivity index (χ3n) is 2.64. The molecule has 0 aliphatic carbocycles. The van der Waals surface area contributed by atoms with Gasteiger partial charge in [-0.1, -0.05) is 0 Å². The Balaban J connectivity index is 2.20. The topological polar surface area (TPSA) is 92.9 Å². The normalized spacial score (nSPS) is 19.9. The number of hydrogen-bond donors (Lipinski definition) is 3. The molecule has 2 rings (SSSR count). The fourth-order valence-corrected chi connectivity index (χ4v) is 1.77. The van der Waals surface area contributed by atoms with Crippen molar-refractivity contribution in [1.82, 2.24) is 15.3 Å². The van der Waals surface area contributed by atoms with Crippen LogP contribution < -0.4 is 16.4 Å². The summed E-state index contributed by atoms with van der Waals surface area (Å²) in [7, 11) is 0. The lowest BCUT2D eigenvalue weighted by Gasteiger charge is -2.23. The average molecular weight is 275 g/mol. The zero-order valence-corrected chi connectivity index (χ0v) is 9.79. The van der Waals surface area contributed by atoms with Crippen LogP contribution in [0.15, 0.2) is 6.07 Å². The molecule has 1 amide bonds.